The van der Waals surface area contributed by atoms with E-state index in [9.17, 15) is 4.79 Å². The molecule has 2 N–H and O–H groups in total. The summed E-state index contributed by atoms with van der Waals surface area (Å²) in [5.74, 6) is -0.755. The van der Waals surface area contributed by atoms with Gasteiger partial charge in [-0.25, -0.2) is 0 Å². The van der Waals surface area contributed by atoms with Crippen molar-refractivity contribution in [3.05, 3.63) is 0 Å². The van der Waals surface area contributed by atoms with E-state index in [2.05, 4.69) is 12.2 Å². The molecule has 1 aliphatic rings. The Balaban J connectivity index is 2.42. The molecule has 1 fully saturated rings. The molecular weight excluding hydrogens is 154 g/mol. The normalized spacial score (nSPS) is 22.8. The lowest BCUT2D eigenvalue weighted by Crippen LogP contribution is -2.55. The second kappa shape index (κ2) is 3.44. The Morgan fingerprint density at radius 3 is 2.50 bits per heavy atom. The van der Waals surface area contributed by atoms with E-state index in [0.29, 0.717) is 0 Å². The van der Waals surface area contributed by atoms with Crippen LogP contribution in [0, 0.1) is 0 Å². The van der Waals surface area contributed by atoms with Gasteiger partial charge in [-0.15, -0.1) is 0 Å². The van der Waals surface area contributed by atoms with Crippen LogP contribution in [-0.4, -0.2) is 22.7 Å². The number of aliphatic carboxylic acids is 1. The number of hydrogen-bond donors (Lipinski definition) is 2. The highest BCUT2D eigenvalue weighted by molar-refractivity contribution is 5.73. The largest absolute Gasteiger partial charge is 0.480 e. The average molecular weight is 171 g/mol. The van der Waals surface area contributed by atoms with Gasteiger partial charge in [0.05, 0.1) is 0 Å². The molecule has 1 atom stereocenters. The molecule has 0 heterocycles. The van der Waals surface area contributed by atoms with Crippen LogP contribution in [0.25, 0.3) is 0 Å². The second-order valence-electron chi connectivity index (χ2n) is 3.69. The molecular formula is C9H17NO2. The van der Waals surface area contributed by atoms with Crippen LogP contribution in [0.1, 0.15) is 39.5 Å². The van der Waals surface area contributed by atoms with Gasteiger partial charge in [0.15, 0.2) is 0 Å². The standard InChI is InChI=1S/C9H17NO2/c1-3-9(5-4-6-9)10-7(2)8(11)12/h7,10H,3-6H2,1-2H3,(H,11,12). The van der Waals surface area contributed by atoms with Crippen molar-refractivity contribution in [2.45, 2.75) is 51.1 Å². The molecule has 1 rings (SSSR count). The van der Waals surface area contributed by atoms with Crippen molar-refractivity contribution in [2.24, 2.45) is 0 Å². The van der Waals surface area contributed by atoms with Gasteiger partial charge in [-0.05, 0) is 32.6 Å². The highest BCUT2D eigenvalue weighted by Crippen LogP contribution is 2.34. The number of carbonyl (C=O) groups is 1. The zero-order valence-corrected chi connectivity index (χ0v) is 7.76. The molecule has 0 aliphatic heterocycles. The van der Waals surface area contributed by atoms with Gasteiger partial charge in [0.25, 0.3) is 0 Å². The Labute approximate surface area is 73.2 Å². The van der Waals surface area contributed by atoms with Crippen LogP contribution in [0.5, 0.6) is 0 Å². The minimum absolute atomic E-state index is 0.137. The van der Waals surface area contributed by atoms with Gasteiger partial charge in [-0.2, -0.15) is 0 Å². The lowest BCUT2D eigenvalue weighted by atomic mass is 9.74. The van der Waals surface area contributed by atoms with Gasteiger partial charge in [0.2, 0.25) is 0 Å². The zero-order chi connectivity index (χ0) is 9.19. The second-order valence-corrected chi connectivity index (χ2v) is 3.69. The van der Waals surface area contributed by atoms with Crippen LogP contribution in [0.2, 0.25) is 0 Å². The van der Waals surface area contributed by atoms with Gasteiger partial charge in [-0.3, -0.25) is 10.1 Å². The fraction of sp³-hybridized carbons (Fsp3) is 0.889. The molecule has 1 unspecified atom stereocenters. The van der Waals surface area contributed by atoms with Gasteiger partial charge < -0.3 is 5.11 Å². The fourth-order valence-corrected chi connectivity index (χ4v) is 1.72. The third-order valence-electron chi connectivity index (χ3n) is 2.88. The lowest BCUT2D eigenvalue weighted by Gasteiger charge is -2.43. The molecule has 70 valence electrons. The van der Waals surface area contributed by atoms with E-state index in [0.717, 1.165) is 19.3 Å². The summed E-state index contributed by atoms with van der Waals surface area (Å²) in [5.41, 5.74) is 0.137. The molecule has 0 bridgehead atoms. The zero-order valence-electron chi connectivity index (χ0n) is 7.76. The van der Waals surface area contributed by atoms with Crippen LogP contribution >= 0.6 is 0 Å². The van der Waals surface area contributed by atoms with E-state index < -0.39 is 12.0 Å². The number of nitrogens with one attached hydrogen (secondary N) is 1. The Hall–Kier alpha value is -0.570. The smallest absolute Gasteiger partial charge is 0.320 e. The topological polar surface area (TPSA) is 49.3 Å². The van der Waals surface area contributed by atoms with Crippen molar-refractivity contribution in [2.75, 3.05) is 0 Å². The Morgan fingerprint density at radius 2 is 2.25 bits per heavy atom. The molecule has 0 aromatic carbocycles. The van der Waals surface area contributed by atoms with E-state index in [4.69, 9.17) is 5.11 Å². The SMILES string of the molecule is CCC1(NC(C)C(=O)O)CCC1. The van der Waals surface area contributed by atoms with Crippen molar-refractivity contribution in [3.8, 4) is 0 Å². The van der Waals surface area contributed by atoms with Crippen molar-refractivity contribution in [1.29, 1.82) is 0 Å². The summed E-state index contributed by atoms with van der Waals surface area (Å²) < 4.78 is 0. The predicted molar refractivity (Wildman–Crippen MR) is 47.1 cm³/mol. The molecule has 1 aliphatic carbocycles. The minimum Gasteiger partial charge on any atom is -0.480 e. The highest BCUT2D eigenvalue weighted by atomic mass is 16.4. The Morgan fingerprint density at radius 1 is 1.67 bits per heavy atom. The lowest BCUT2D eigenvalue weighted by molar-refractivity contribution is -0.140. The molecule has 0 radical (unpaired) electrons. The summed E-state index contributed by atoms with van der Waals surface area (Å²) in [6.45, 7) is 3.82. The first-order chi connectivity index (χ1) is 5.59. The van der Waals surface area contributed by atoms with Crippen LogP contribution in [-0.2, 0) is 4.79 Å². The first-order valence-corrected chi connectivity index (χ1v) is 4.60. The van der Waals surface area contributed by atoms with E-state index in [1.165, 1.54) is 6.42 Å². The average Bonchev–Trinajstić information content (AvgIpc) is 1.96. The van der Waals surface area contributed by atoms with E-state index in [-0.39, 0.29) is 5.54 Å². The molecule has 12 heavy (non-hydrogen) atoms. The van der Waals surface area contributed by atoms with Crippen molar-refractivity contribution < 1.29 is 9.90 Å². The number of hydrogen-bond acceptors (Lipinski definition) is 2. The molecule has 0 spiro atoms. The van der Waals surface area contributed by atoms with E-state index in [1.807, 2.05) is 0 Å². The summed E-state index contributed by atoms with van der Waals surface area (Å²) in [6.07, 6.45) is 4.51. The maximum atomic E-state index is 10.6. The summed E-state index contributed by atoms with van der Waals surface area (Å²) in [5, 5.41) is 11.9. The van der Waals surface area contributed by atoms with Crippen LogP contribution < -0.4 is 5.32 Å². The number of carboxylic acids is 1. The first kappa shape index (κ1) is 9.52. The quantitative estimate of drug-likeness (QED) is 0.672. The third-order valence-corrected chi connectivity index (χ3v) is 2.88. The third kappa shape index (κ3) is 1.78. The molecule has 0 aromatic heterocycles. The summed E-state index contributed by atoms with van der Waals surface area (Å²) in [7, 11) is 0. The van der Waals surface area contributed by atoms with E-state index in [1.54, 1.807) is 6.92 Å². The first-order valence-electron chi connectivity index (χ1n) is 4.60. The maximum absolute atomic E-state index is 10.6. The van der Waals surface area contributed by atoms with Gasteiger partial charge >= 0.3 is 5.97 Å². The maximum Gasteiger partial charge on any atom is 0.320 e. The fourth-order valence-electron chi connectivity index (χ4n) is 1.72. The van der Waals surface area contributed by atoms with Gasteiger partial charge in [-0.1, -0.05) is 6.92 Å². The molecule has 0 amide bonds. The highest BCUT2D eigenvalue weighted by Gasteiger charge is 2.36. The van der Waals surface area contributed by atoms with Crippen LogP contribution in [0.3, 0.4) is 0 Å². The van der Waals surface area contributed by atoms with Gasteiger partial charge in [0.1, 0.15) is 6.04 Å². The molecule has 3 nitrogen and oxygen atoms in total. The summed E-state index contributed by atoms with van der Waals surface area (Å²) in [4.78, 5) is 10.6. The summed E-state index contributed by atoms with van der Waals surface area (Å²) in [6, 6.07) is -0.412. The molecule has 3 heteroatoms. The molecule has 0 aromatic rings. The molecule has 1 saturated carbocycles. The number of carboxylic acid groups (broad SMARTS) is 1. The minimum atomic E-state index is -0.755. The van der Waals surface area contributed by atoms with Gasteiger partial charge in [0, 0.05) is 5.54 Å². The Kier molecular flexibility index (Phi) is 2.73. The van der Waals surface area contributed by atoms with Crippen LogP contribution in [0.4, 0.5) is 0 Å². The predicted octanol–water partition coefficient (Wildman–Crippen LogP) is 1.38. The van der Waals surface area contributed by atoms with Crippen molar-refractivity contribution >= 4 is 5.97 Å². The van der Waals surface area contributed by atoms with E-state index >= 15 is 0 Å². The summed E-state index contributed by atoms with van der Waals surface area (Å²) >= 11 is 0. The van der Waals surface area contributed by atoms with Crippen molar-refractivity contribution in [3.63, 3.8) is 0 Å². The Bertz CT molecular complexity index is 170. The number of rotatable bonds is 4. The molecule has 0 saturated heterocycles. The van der Waals surface area contributed by atoms with Crippen molar-refractivity contribution in [1.82, 2.24) is 5.32 Å². The monoisotopic (exact) mass is 171 g/mol. The van der Waals surface area contributed by atoms with Crippen LogP contribution in [0.15, 0.2) is 0 Å².